The van der Waals surface area contributed by atoms with E-state index in [1.54, 1.807) is 0 Å². The van der Waals surface area contributed by atoms with Gasteiger partial charge < -0.3 is 19.9 Å². The average Bonchev–Trinajstić information content (AvgIpc) is 2.55. The average molecular weight is 387 g/mol. The number of carbonyl (C=O) groups is 2. The number of aromatic nitrogens is 1. The number of halogens is 3. The van der Waals surface area contributed by atoms with Crippen LogP contribution in [-0.2, 0) is 25.2 Å². The van der Waals surface area contributed by atoms with Crippen LogP contribution in [0.5, 0.6) is 0 Å². The molecule has 0 aromatic carbocycles. The van der Waals surface area contributed by atoms with Crippen LogP contribution in [0.4, 0.5) is 18.9 Å². The summed E-state index contributed by atoms with van der Waals surface area (Å²) in [6.45, 7) is 1.91. The summed E-state index contributed by atoms with van der Waals surface area (Å²) >= 11 is 0. The second kappa shape index (κ2) is 7.89. The van der Waals surface area contributed by atoms with Crippen LogP contribution in [-0.4, -0.2) is 47.4 Å². The summed E-state index contributed by atoms with van der Waals surface area (Å²) in [7, 11) is 0. The van der Waals surface area contributed by atoms with Crippen molar-refractivity contribution in [1.82, 2.24) is 4.98 Å². The van der Waals surface area contributed by atoms with Gasteiger partial charge in [0.25, 0.3) is 5.91 Å². The molecule has 0 bridgehead atoms. The first-order chi connectivity index (χ1) is 12.6. The van der Waals surface area contributed by atoms with Crippen molar-refractivity contribution >= 4 is 17.6 Å². The largest absolute Gasteiger partial charge is 0.463 e. The molecule has 1 saturated heterocycles. The van der Waals surface area contributed by atoms with E-state index in [0.29, 0.717) is 25.7 Å². The maximum absolute atomic E-state index is 12.9. The summed E-state index contributed by atoms with van der Waals surface area (Å²) in [5, 5.41) is 20.7. The molecule has 146 valence electrons. The topological polar surface area (TPSA) is 122 Å². The fourth-order valence-electron chi connectivity index (χ4n) is 2.09. The number of nitrogens with one attached hydrogen (secondary N) is 1. The molecule has 0 saturated carbocycles. The number of carbonyl (C=O) groups excluding carboxylic acids is 2. The van der Waals surface area contributed by atoms with Crippen molar-refractivity contribution in [2.45, 2.75) is 25.1 Å². The lowest BCUT2D eigenvalue weighted by Crippen LogP contribution is -2.48. The SMILES string of the molecule is CC(O)(C(=O)Nc1cnc(C#N)c(C(F)(F)F)c1)C(=O)OCCC1COC1. The molecule has 2 heterocycles. The Labute approximate surface area is 151 Å². The highest BCUT2D eigenvalue weighted by Crippen LogP contribution is 2.32. The number of ether oxygens (including phenoxy) is 2. The fraction of sp³-hybridized carbons (Fsp3) is 0.500. The van der Waals surface area contributed by atoms with Gasteiger partial charge in [-0.25, -0.2) is 9.78 Å². The van der Waals surface area contributed by atoms with Gasteiger partial charge in [-0.15, -0.1) is 0 Å². The first-order valence-electron chi connectivity index (χ1n) is 7.82. The predicted molar refractivity (Wildman–Crippen MR) is 83.1 cm³/mol. The van der Waals surface area contributed by atoms with E-state index in [0.717, 1.165) is 13.1 Å². The number of hydrogen-bond acceptors (Lipinski definition) is 7. The third-order valence-corrected chi connectivity index (χ3v) is 3.86. The molecule has 0 aliphatic carbocycles. The molecule has 0 radical (unpaired) electrons. The van der Waals surface area contributed by atoms with Gasteiger partial charge in [-0.3, -0.25) is 4.79 Å². The molecule has 8 nitrogen and oxygen atoms in total. The van der Waals surface area contributed by atoms with E-state index in [1.165, 1.54) is 6.07 Å². The maximum Gasteiger partial charge on any atom is 0.419 e. The number of nitrogens with zero attached hydrogens (tertiary/aromatic N) is 2. The van der Waals surface area contributed by atoms with Crippen LogP contribution >= 0.6 is 0 Å². The van der Waals surface area contributed by atoms with Crippen molar-refractivity contribution in [1.29, 1.82) is 5.26 Å². The zero-order chi connectivity index (χ0) is 20.2. The van der Waals surface area contributed by atoms with Crippen molar-refractivity contribution in [3.8, 4) is 6.07 Å². The van der Waals surface area contributed by atoms with Crippen LogP contribution in [0, 0.1) is 17.2 Å². The van der Waals surface area contributed by atoms with E-state index in [9.17, 15) is 27.9 Å². The molecule has 1 aromatic rings. The zero-order valence-electron chi connectivity index (χ0n) is 14.2. The molecule has 1 aliphatic rings. The van der Waals surface area contributed by atoms with Gasteiger partial charge in [0.15, 0.2) is 5.69 Å². The van der Waals surface area contributed by atoms with Gasteiger partial charge in [0.2, 0.25) is 5.60 Å². The summed E-state index contributed by atoms with van der Waals surface area (Å²) in [4.78, 5) is 27.3. The molecule has 2 rings (SSSR count). The molecule has 0 spiro atoms. The van der Waals surface area contributed by atoms with Gasteiger partial charge in [-0.05, 0) is 19.4 Å². The molecule has 11 heteroatoms. The van der Waals surface area contributed by atoms with Crippen LogP contribution in [0.3, 0.4) is 0 Å². The van der Waals surface area contributed by atoms with Gasteiger partial charge in [0.05, 0.1) is 37.3 Å². The Kier molecular flexibility index (Phi) is 6.02. The lowest BCUT2D eigenvalue weighted by molar-refractivity contribution is -0.168. The minimum absolute atomic E-state index is 0.0348. The molecule has 2 N–H and O–H groups in total. The maximum atomic E-state index is 12.9. The molecule has 1 aliphatic heterocycles. The number of anilines is 1. The number of nitriles is 1. The van der Waals surface area contributed by atoms with E-state index in [-0.39, 0.29) is 12.5 Å². The second-order valence-corrected chi connectivity index (χ2v) is 6.08. The molecule has 1 aromatic heterocycles. The first kappa shape index (κ1) is 20.6. The molecule has 1 fully saturated rings. The highest BCUT2D eigenvalue weighted by Gasteiger charge is 2.41. The van der Waals surface area contributed by atoms with Gasteiger partial charge in [0.1, 0.15) is 6.07 Å². The third-order valence-electron chi connectivity index (χ3n) is 3.86. The Bertz CT molecular complexity index is 770. The number of aliphatic hydroxyl groups is 1. The number of alkyl halides is 3. The Hall–Kier alpha value is -2.71. The van der Waals surface area contributed by atoms with Crippen molar-refractivity contribution in [3.63, 3.8) is 0 Å². The standard InChI is InChI=1S/C16H16F3N3O5/c1-15(25,14(24)27-3-2-9-7-26-8-9)13(23)22-10-4-11(16(17,18)19)12(5-20)21-6-10/h4,6,9,25H,2-3,7-8H2,1H3,(H,22,23). The number of esters is 1. The van der Waals surface area contributed by atoms with Crippen LogP contribution in [0.1, 0.15) is 24.6 Å². The van der Waals surface area contributed by atoms with E-state index >= 15 is 0 Å². The van der Waals surface area contributed by atoms with Gasteiger partial charge in [-0.1, -0.05) is 0 Å². The van der Waals surface area contributed by atoms with Crippen LogP contribution in [0.15, 0.2) is 12.3 Å². The molecule has 27 heavy (non-hydrogen) atoms. The minimum Gasteiger partial charge on any atom is -0.463 e. The number of amides is 1. The van der Waals surface area contributed by atoms with E-state index < -0.39 is 40.6 Å². The van der Waals surface area contributed by atoms with Crippen LogP contribution in [0.25, 0.3) is 0 Å². The zero-order valence-corrected chi connectivity index (χ0v) is 14.2. The van der Waals surface area contributed by atoms with Crippen LogP contribution in [0.2, 0.25) is 0 Å². The van der Waals surface area contributed by atoms with Gasteiger partial charge in [0, 0.05) is 5.92 Å². The van der Waals surface area contributed by atoms with E-state index in [2.05, 4.69) is 4.98 Å². The van der Waals surface area contributed by atoms with Crippen molar-refractivity contribution in [3.05, 3.63) is 23.5 Å². The summed E-state index contributed by atoms with van der Waals surface area (Å²) in [5.74, 6) is -2.29. The summed E-state index contributed by atoms with van der Waals surface area (Å²) in [6.07, 6.45) is -3.56. The van der Waals surface area contributed by atoms with Crippen molar-refractivity contribution in [2.24, 2.45) is 5.92 Å². The quantitative estimate of drug-likeness (QED) is 0.556. The summed E-state index contributed by atoms with van der Waals surface area (Å²) in [5.41, 5.74) is -5.28. The number of hydrogen-bond donors (Lipinski definition) is 2. The van der Waals surface area contributed by atoms with Crippen LogP contribution < -0.4 is 5.32 Å². The summed E-state index contributed by atoms with van der Waals surface area (Å²) < 4.78 is 48.5. The smallest absolute Gasteiger partial charge is 0.419 e. The second-order valence-electron chi connectivity index (χ2n) is 6.08. The monoisotopic (exact) mass is 387 g/mol. The Morgan fingerprint density at radius 3 is 2.67 bits per heavy atom. The first-order valence-corrected chi connectivity index (χ1v) is 7.82. The number of rotatable bonds is 6. The third kappa shape index (κ3) is 4.93. The number of pyridine rings is 1. The minimum atomic E-state index is -4.87. The predicted octanol–water partition coefficient (Wildman–Crippen LogP) is 1.24. The Morgan fingerprint density at radius 2 is 2.15 bits per heavy atom. The lowest BCUT2D eigenvalue weighted by atomic mass is 10.0. The normalized spacial score (nSPS) is 16.6. The molecular formula is C16H16F3N3O5. The molecular weight excluding hydrogens is 371 g/mol. The lowest BCUT2D eigenvalue weighted by Gasteiger charge is -2.26. The van der Waals surface area contributed by atoms with E-state index in [4.69, 9.17) is 14.7 Å². The highest BCUT2D eigenvalue weighted by molar-refractivity contribution is 6.11. The Morgan fingerprint density at radius 1 is 1.48 bits per heavy atom. The van der Waals surface area contributed by atoms with Gasteiger partial charge in [-0.2, -0.15) is 18.4 Å². The van der Waals surface area contributed by atoms with Crippen molar-refractivity contribution < 1.29 is 37.3 Å². The fourth-order valence-corrected chi connectivity index (χ4v) is 2.09. The van der Waals surface area contributed by atoms with Crippen molar-refractivity contribution in [2.75, 3.05) is 25.1 Å². The molecule has 1 atom stereocenters. The molecule has 1 unspecified atom stereocenters. The molecule has 1 amide bonds. The summed E-state index contributed by atoms with van der Waals surface area (Å²) in [6, 6.07) is 1.78. The van der Waals surface area contributed by atoms with Gasteiger partial charge >= 0.3 is 12.1 Å². The Balaban J connectivity index is 2.03. The van der Waals surface area contributed by atoms with E-state index in [1.807, 2.05) is 5.32 Å². The highest BCUT2D eigenvalue weighted by atomic mass is 19.4.